The minimum Gasteiger partial charge on any atom is -0.507 e. The zero-order valence-corrected chi connectivity index (χ0v) is 24.2. The van der Waals surface area contributed by atoms with Crippen LogP contribution in [0, 0.1) is 0 Å². The van der Waals surface area contributed by atoms with Crippen molar-refractivity contribution in [3.05, 3.63) is 88.5 Å². The van der Waals surface area contributed by atoms with Crippen LogP contribution in [0.25, 0.3) is 5.76 Å². The summed E-state index contributed by atoms with van der Waals surface area (Å²) in [6.45, 7) is 10.6. The molecule has 1 amide bonds. The topological polar surface area (TPSA) is 85.3 Å². The summed E-state index contributed by atoms with van der Waals surface area (Å²) < 4.78 is 16.7. The van der Waals surface area contributed by atoms with Crippen LogP contribution in [0.5, 0.6) is 17.2 Å². The molecule has 1 saturated heterocycles. The first kappa shape index (κ1) is 28.7. The Bertz CT molecular complexity index is 1430. The molecule has 1 N–H and O–H groups in total. The number of nitrogens with zero attached hydrogens (tertiary/aromatic N) is 1. The molecule has 0 spiro atoms. The van der Waals surface area contributed by atoms with E-state index in [0.717, 1.165) is 17.5 Å². The second-order valence-electron chi connectivity index (χ2n) is 10.7. The quantitative estimate of drug-likeness (QED) is 0.196. The van der Waals surface area contributed by atoms with Gasteiger partial charge < -0.3 is 19.3 Å². The number of aliphatic hydroxyl groups is 1. The van der Waals surface area contributed by atoms with E-state index in [1.807, 2.05) is 37.3 Å². The Morgan fingerprint density at radius 1 is 0.900 bits per heavy atom. The molecule has 0 saturated carbocycles. The standard InChI is InChI=1S/C33H37NO6/c1-8-20-10-12-21(13-11-20)29-28(30(35)22-14-15-27(40-9-2)26(16-22)33(3,4)5)31(36)32(37)34(29)23-17-24(38-6)19-25(18-23)39-7/h10-19,29,35H,8-9H2,1-7H3/b30-28-. The van der Waals surface area contributed by atoms with Crippen molar-refractivity contribution >= 4 is 23.1 Å². The highest BCUT2D eigenvalue weighted by Gasteiger charge is 2.47. The van der Waals surface area contributed by atoms with E-state index >= 15 is 0 Å². The Hall–Kier alpha value is -4.26. The van der Waals surface area contributed by atoms with Crippen molar-refractivity contribution in [2.45, 2.75) is 52.5 Å². The predicted molar refractivity (Wildman–Crippen MR) is 156 cm³/mol. The lowest BCUT2D eigenvalue weighted by Gasteiger charge is -2.27. The molecule has 1 atom stereocenters. The minimum absolute atomic E-state index is 0.0139. The molecular weight excluding hydrogens is 506 g/mol. The molecule has 1 unspecified atom stereocenters. The molecule has 0 aromatic heterocycles. The lowest BCUT2D eigenvalue weighted by atomic mass is 9.84. The van der Waals surface area contributed by atoms with E-state index in [1.54, 1.807) is 30.3 Å². The second kappa shape index (κ2) is 11.5. The molecule has 1 heterocycles. The number of amides is 1. The number of anilines is 1. The fourth-order valence-corrected chi connectivity index (χ4v) is 4.98. The van der Waals surface area contributed by atoms with Gasteiger partial charge in [0.25, 0.3) is 11.7 Å². The van der Waals surface area contributed by atoms with Crippen LogP contribution in [0.1, 0.15) is 62.9 Å². The van der Waals surface area contributed by atoms with E-state index in [2.05, 4.69) is 27.7 Å². The van der Waals surface area contributed by atoms with Crippen LogP contribution in [-0.4, -0.2) is 37.6 Å². The molecule has 1 fully saturated rings. The van der Waals surface area contributed by atoms with Gasteiger partial charge >= 0.3 is 0 Å². The van der Waals surface area contributed by atoms with Gasteiger partial charge in [-0.3, -0.25) is 14.5 Å². The highest BCUT2D eigenvalue weighted by Crippen LogP contribution is 2.44. The average Bonchev–Trinajstić information content (AvgIpc) is 3.22. The maximum absolute atomic E-state index is 13.7. The van der Waals surface area contributed by atoms with Crippen LogP contribution in [0.4, 0.5) is 5.69 Å². The summed E-state index contributed by atoms with van der Waals surface area (Å²) >= 11 is 0. The number of ketones is 1. The van der Waals surface area contributed by atoms with E-state index in [4.69, 9.17) is 14.2 Å². The smallest absolute Gasteiger partial charge is 0.300 e. The van der Waals surface area contributed by atoms with Gasteiger partial charge in [0.15, 0.2) is 0 Å². The van der Waals surface area contributed by atoms with Crippen molar-refractivity contribution in [2.75, 3.05) is 25.7 Å². The number of hydrogen-bond acceptors (Lipinski definition) is 6. The van der Waals surface area contributed by atoms with Gasteiger partial charge in [0.1, 0.15) is 23.0 Å². The number of methoxy groups -OCH3 is 2. The second-order valence-corrected chi connectivity index (χ2v) is 10.7. The van der Waals surface area contributed by atoms with E-state index in [1.165, 1.54) is 19.1 Å². The van der Waals surface area contributed by atoms with Crippen LogP contribution in [0.2, 0.25) is 0 Å². The van der Waals surface area contributed by atoms with Gasteiger partial charge in [-0.25, -0.2) is 0 Å². The van der Waals surface area contributed by atoms with E-state index in [-0.39, 0.29) is 16.7 Å². The number of hydrogen-bond donors (Lipinski definition) is 1. The van der Waals surface area contributed by atoms with Gasteiger partial charge in [0.05, 0.1) is 38.1 Å². The molecule has 0 radical (unpaired) electrons. The SMILES string of the molecule is CCOc1ccc(/C(O)=C2/C(=O)C(=O)N(c3cc(OC)cc(OC)c3)C2c2ccc(CC)cc2)cc1C(C)(C)C. The van der Waals surface area contributed by atoms with Crippen LogP contribution >= 0.6 is 0 Å². The zero-order valence-electron chi connectivity index (χ0n) is 24.2. The van der Waals surface area contributed by atoms with Crippen molar-refractivity contribution in [3.63, 3.8) is 0 Å². The first-order valence-corrected chi connectivity index (χ1v) is 13.4. The number of aryl methyl sites for hydroxylation is 1. The lowest BCUT2D eigenvalue weighted by Crippen LogP contribution is -2.29. The number of carbonyl (C=O) groups is 2. The third-order valence-corrected chi connectivity index (χ3v) is 7.12. The highest BCUT2D eigenvalue weighted by atomic mass is 16.5. The van der Waals surface area contributed by atoms with Crippen LogP contribution in [-0.2, 0) is 21.4 Å². The van der Waals surface area contributed by atoms with Gasteiger partial charge in [0, 0.05) is 29.3 Å². The molecule has 7 heteroatoms. The Kier molecular flexibility index (Phi) is 8.24. The zero-order chi connectivity index (χ0) is 29.2. The Labute approximate surface area is 236 Å². The summed E-state index contributed by atoms with van der Waals surface area (Å²) in [5, 5.41) is 11.7. The summed E-state index contributed by atoms with van der Waals surface area (Å²) in [6.07, 6.45) is 0.843. The molecule has 0 bridgehead atoms. The summed E-state index contributed by atoms with van der Waals surface area (Å²) in [4.78, 5) is 28.7. The third-order valence-electron chi connectivity index (χ3n) is 7.12. The largest absolute Gasteiger partial charge is 0.507 e. The van der Waals surface area contributed by atoms with Gasteiger partial charge in [-0.15, -0.1) is 0 Å². The van der Waals surface area contributed by atoms with Crippen molar-refractivity contribution in [1.82, 2.24) is 0 Å². The molecule has 1 aliphatic rings. The number of aliphatic hydroxyl groups excluding tert-OH is 1. The molecule has 1 aliphatic heterocycles. The Morgan fingerprint density at radius 3 is 2.05 bits per heavy atom. The van der Waals surface area contributed by atoms with Crippen LogP contribution in [0.15, 0.2) is 66.2 Å². The van der Waals surface area contributed by atoms with E-state index in [9.17, 15) is 14.7 Å². The van der Waals surface area contributed by atoms with Crippen LogP contribution < -0.4 is 19.1 Å². The van der Waals surface area contributed by atoms with Gasteiger partial charge in [0.2, 0.25) is 0 Å². The molecule has 4 rings (SSSR count). The van der Waals surface area contributed by atoms with Crippen molar-refractivity contribution in [2.24, 2.45) is 0 Å². The van der Waals surface area contributed by atoms with E-state index in [0.29, 0.717) is 40.7 Å². The third kappa shape index (κ3) is 5.41. The van der Waals surface area contributed by atoms with Gasteiger partial charge in [-0.1, -0.05) is 52.0 Å². The van der Waals surface area contributed by atoms with Crippen molar-refractivity contribution in [1.29, 1.82) is 0 Å². The molecule has 7 nitrogen and oxygen atoms in total. The summed E-state index contributed by atoms with van der Waals surface area (Å²) in [5.41, 5.74) is 3.27. The summed E-state index contributed by atoms with van der Waals surface area (Å²) in [7, 11) is 3.04. The number of Topliss-reactive ketones (excluding diaryl/α,β-unsaturated/α-hetero) is 1. The molecule has 3 aromatic rings. The summed E-state index contributed by atoms with van der Waals surface area (Å²) in [5.74, 6) is -0.107. The first-order valence-electron chi connectivity index (χ1n) is 13.4. The van der Waals surface area contributed by atoms with Gasteiger partial charge in [-0.05, 0) is 48.1 Å². The minimum atomic E-state index is -0.868. The lowest BCUT2D eigenvalue weighted by molar-refractivity contribution is -0.132. The normalized spacial score (nSPS) is 16.8. The molecule has 210 valence electrons. The number of rotatable bonds is 8. The number of ether oxygens (including phenoxy) is 3. The van der Waals surface area contributed by atoms with E-state index < -0.39 is 17.7 Å². The van der Waals surface area contributed by atoms with Crippen molar-refractivity contribution < 1.29 is 28.9 Å². The molecular formula is C33H37NO6. The molecule has 3 aromatic carbocycles. The fourth-order valence-electron chi connectivity index (χ4n) is 4.98. The average molecular weight is 544 g/mol. The van der Waals surface area contributed by atoms with Crippen LogP contribution in [0.3, 0.4) is 0 Å². The Morgan fingerprint density at radius 2 is 1.52 bits per heavy atom. The fraction of sp³-hybridized carbons (Fsp3) is 0.333. The van der Waals surface area contributed by atoms with Crippen molar-refractivity contribution in [3.8, 4) is 17.2 Å². The Balaban J connectivity index is 1.97. The predicted octanol–water partition coefficient (Wildman–Crippen LogP) is 6.59. The van der Waals surface area contributed by atoms with Gasteiger partial charge in [-0.2, -0.15) is 0 Å². The number of carbonyl (C=O) groups excluding carboxylic acids is 2. The maximum atomic E-state index is 13.7. The monoisotopic (exact) mass is 543 g/mol. The summed E-state index contributed by atoms with van der Waals surface area (Å²) in [6, 6.07) is 17.3. The highest BCUT2D eigenvalue weighted by molar-refractivity contribution is 6.51. The molecule has 40 heavy (non-hydrogen) atoms. The number of benzene rings is 3. The maximum Gasteiger partial charge on any atom is 0.300 e. The molecule has 0 aliphatic carbocycles. The first-order chi connectivity index (χ1) is 19.0.